The standard InChI is InChI=1S/C31H35ClF4N8O3.C7H12FN/c1-41-8-3-7-30(14-41)15-43(16-30)28(45)26-24(32)21-12-42(9-4-10-44(21)40-26)27-17-13-47-22(11-20(17)38-29(39-27)46-2)23-18(31(34,35)36)5-6-19(37)25(23)33;8-6-4-7-2-1-3-9(7)5-6/h5-6,22H,3-4,7-16,37H2,1-2H3;6-7H,1-5H2. The average molecular weight is 808 g/mol. The molecule has 3 aromatic rings. The van der Waals surface area contributed by atoms with Crippen LogP contribution < -0.4 is 15.4 Å². The minimum Gasteiger partial charge on any atom is -0.467 e. The first kappa shape index (κ1) is 39.0. The van der Waals surface area contributed by atoms with Crippen molar-refractivity contribution < 1.29 is 36.2 Å². The second kappa shape index (κ2) is 15.2. The lowest BCUT2D eigenvalue weighted by atomic mass is 9.73. The number of rotatable bonds is 4. The quantitative estimate of drug-likeness (QED) is 0.262. The molecule has 304 valence electrons. The number of halogens is 6. The molecule has 0 aliphatic carbocycles. The van der Waals surface area contributed by atoms with E-state index in [1.165, 1.54) is 20.0 Å². The number of likely N-dealkylation sites (tertiary alicyclic amines) is 2. The van der Waals surface area contributed by atoms with Crippen LogP contribution in [-0.4, -0.2) is 113 Å². The van der Waals surface area contributed by atoms with E-state index in [2.05, 4.69) is 31.9 Å². The highest BCUT2D eigenvalue weighted by atomic mass is 35.5. The third-order valence-electron chi connectivity index (χ3n) is 12.2. The zero-order valence-corrected chi connectivity index (χ0v) is 32.3. The Labute approximate surface area is 327 Å². The molecule has 6 aliphatic heterocycles. The van der Waals surface area contributed by atoms with Crippen LogP contribution in [0.15, 0.2) is 12.1 Å². The van der Waals surface area contributed by atoms with Gasteiger partial charge in [-0.3, -0.25) is 14.4 Å². The molecular weight excluding hydrogens is 761 g/mol. The summed E-state index contributed by atoms with van der Waals surface area (Å²) < 4.78 is 82.4. The predicted octanol–water partition coefficient (Wildman–Crippen LogP) is 5.66. The van der Waals surface area contributed by atoms with Crippen molar-refractivity contribution in [2.45, 2.75) is 89.1 Å². The van der Waals surface area contributed by atoms with Crippen LogP contribution in [0.4, 0.5) is 33.5 Å². The zero-order valence-electron chi connectivity index (χ0n) is 31.6. The van der Waals surface area contributed by atoms with Crippen LogP contribution in [0.5, 0.6) is 6.01 Å². The number of aryl methyl sites for hydroxylation is 1. The number of carbonyl (C=O) groups is 1. The molecule has 0 saturated carbocycles. The number of alkyl halides is 4. The van der Waals surface area contributed by atoms with Crippen LogP contribution in [0.2, 0.25) is 5.02 Å². The van der Waals surface area contributed by atoms with Gasteiger partial charge in [-0.1, -0.05) is 11.6 Å². The molecular formula is C38H47ClF5N9O3. The number of hydrogen-bond donors (Lipinski definition) is 1. The molecule has 2 N–H and O–H groups in total. The first-order valence-corrected chi connectivity index (χ1v) is 19.7. The zero-order chi connectivity index (χ0) is 39.5. The maximum Gasteiger partial charge on any atom is 0.416 e. The van der Waals surface area contributed by atoms with Crippen molar-refractivity contribution in [3.05, 3.63) is 56.7 Å². The van der Waals surface area contributed by atoms with Crippen molar-refractivity contribution in [3.63, 3.8) is 0 Å². The molecule has 1 aromatic carbocycles. The summed E-state index contributed by atoms with van der Waals surface area (Å²) >= 11 is 6.87. The van der Waals surface area contributed by atoms with Gasteiger partial charge in [0.25, 0.3) is 5.91 Å². The number of piperidine rings is 1. The van der Waals surface area contributed by atoms with E-state index in [0.717, 1.165) is 51.0 Å². The largest absolute Gasteiger partial charge is 0.467 e. The highest BCUT2D eigenvalue weighted by molar-refractivity contribution is 6.34. The number of nitrogen functional groups attached to an aromatic ring is 1. The summed E-state index contributed by atoms with van der Waals surface area (Å²) in [4.78, 5) is 30.9. The van der Waals surface area contributed by atoms with Gasteiger partial charge in [-0.15, -0.1) is 0 Å². The number of nitrogens with two attached hydrogens (primary N) is 1. The normalized spacial score (nSPS) is 24.8. The third kappa shape index (κ3) is 7.39. The molecule has 0 radical (unpaired) electrons. The molecule has 0 bridgehead atoms. The number of nitrogens with zero attached hydrogens (tertiary/aromatic N) is 8. The Morgan fingerprint density at radius 2 is 1.89 bits per heavy atom. The first-order valence-electron chi connectivity index (χ1n) is 19.3. The van der Waals surface area contributed by atoms with Crippen molar-refractivity contribution in [1.82, 2.24) is 34.4 Å². The number of ether oxygens (including phenoxy) is 2. The maximum atomic E-state index is 15.1. The van der Waals surface area contributed by atoms with Crippen molar-refractivity contribution >= 4 is 29.0 Å². The minimum absolute atomic E-state index is 0.00304. The van der Waals surface area contributed by atoms with Gasteiger partial charge in [-0.2, -0.15) is 28.2 Å². The molecule has 18 heteroatoms. The van der Waals surface area contributed by atoms with Crippen LogP contribution in [-0.2, 0) is 37.0 Å². The molecule has 3 unspecified atom stereocenters. The summed E-state index contributed by atoms with van der Waals surface area (Å²) in [6.07, 6.45) is -0.608. The van der Waals surface area contributed by atoms with Crippen LogP contribution in [0.25, 0.3) is 0 Å². The number of aromatic nitrogens is 4. The van der Waals surface area contributed by atoms with Crippen molar-refractivity contribution in [2.24, 2.45) is 5.41 Å². The number of methoxy groups -OCH3 is 1. The summed E-state index contributed by atoms with van der Waals surface area (Å²) in [6.45, 7) is 6.38. The number of anilines is 2. The fourth-order valence-corrected chi connectivity index (χ4v) is 9.81. The summed E-state index contributed by atoms with van der Waals surface area (Å²) in [6, 6.07) is 2.27. The Morgan fingerprint density at radius 1 is 1.09 bits per heavy atom. The van der Waals surface area contributed by atoms with E-state index in [0.29, 0.717) is 68.0 Å². The Balaban J connectivity index is 0.000000427. The fourth-order valence-electron chi connectivity index (χ4n) is 9.54. The van der Waals surface area contributed by atoms with E-state index in [9.17, 15) is 22.4 Å². The van der Waals surface area contributed by atoms with E-state index in [4.69, 9.17) is 26.8 Å². The van der Waals surface area contributed by atoms with Crippen LogP contribution in [0, 0.1) is 11.2 Å². The molecule has 2 aromatic heterocycles. The molecule has 9 rings (SSSR count). The Morgan fingerprint density at radius 3 is 2.62 bits per heavy atom. The number of benzene rings is 1. The first-order chi connectivity index (χ1) is 26.7. The molecule has 12 nitrogen and oxygen atoms in total. The monoisotopic (exact) mass is 807 g/mol. The minimum atomic E-state index is -4.82. The molecule has 4 saturated heterocycles. The third-order valence-corrected chi connectivity index (χ3v) is 12.6. The summed E-state index contributed by atoms with van der Waals surface area (Å²) in [5.41, 5.74) is 5.36. The van der Waals surface area contributed by atoms with E-state index in [-0.39, 0.29) is 47.6 Å². The van der Waals surface area contributed by atoms with Crippen LogP contribution in [0.1, 0.15) is 83.2 Å². The fraction of sp³-hybridized carbons (Fsp3) is 0.632. The number of carbonyl (C=O) groups excluding carboxylic acids is 1. The molecule has 4 fully saturated rings. The van der Waals surface area contributed by atoms with Gasteiger partial charge in [0.2, 0.25) is 0 Å². The van der Waals surface area contributed by atoms with Gasteiger partial charge in [-0.25, -0.2) is 8.78 Å². The molecule has 8 heterocycles. The Bertz CT molecular complexity index is 1960. The molecule has 1 amide bonds. The van der Waals surface area contributed by atoms with E-state index >= 15 is 4.39 Å². The highest BCUT2D eigenvalue weighted by Crippen LogP contribution is 2.44. The highest BCUT2D eigenvalue weighted by Gasteiger charge is 2.48. The summed E-state index contributed by atoms with van der Waals surface area (Å²) in [5, 5.41) is 4.92. The Hall–Kier alpha value is -3.80. The predicted molar refractivity (Wildman–Crippen MR) is 198 cm³/mol. The number of hydrogen-bond acceptors (Lipinski definition) is 10. The van der Waals surface area contributed by atoms with Crippen molar-refractivity contribution in [1.29, 1.82) is 0 Å². The SMILES string of the molecule is COc1nc2c(c(N3CCCn4nc(C(=O)N5CC6(CCCN(C)C6)C5)c(Cl)c4C3)n1)COC(c1c(C(F)(F)F)ccc(N)c1F)C2.FC1CC2CCCN2C1. The lowest BCUT2D eigenvalue weighted by Gasteiger charge is -2.54. The lowest BCUT2D eigenvalue weighted by molar-refractivity contribution is -0.140. The Kier molecular flexibility index (Phi) is 10.6. The van der Waals surface area contributed by atoms with Gasteiger partial charge in [0.1, 0.15) is 12.0 Å². The van der Waals surface area contributed by atoms with Gasteiger partial charge >= 0.3 is 12.2 Å². The van der Waals surface area contributed by atoms with E-state index in [1.54, 1.807) is 4.68 Å². The van der Waals surface area contributed by atoms with E-state index in [1.807, 2.05) is 9.80 Å². The smallest absolute Gasteiger partial charge is 0.416 e. The van der Waals surface area contributed by atoms with E-state index < -0.39 is 41.1 Å². The van der Waals surface area contributed by atoms with Gasteiger partial charge < -0.3 is 29.9 Å². The molecule has 6 aliphatic rings. The van der Waals surface area contributed by atoms with Gasteiger partial charge in [0.15, 0.2) is 11.5 Å². The van der Waals surface area contributed by atoms with Gasteiger partial charge in [0, 0.05) is 68.3 Å². The van der Waals surface area contributed by atoms with Crippen LogP contribution in [0.3, 0.4) is 0 Å². The number of fused-ring (bicyclic) bond motifs is 3. The van der Waals surface area contributed by atoms with Gasteiger partial charge in [0.05, 0.1) is 54.0 Å². The van der Waals surface area contributed by atoms with Gasteiger partial charge in [-0.05, 0) is 70.8 Å². The summed E-state index contributed by atoms with van der Waals surface area (Å²) in [7, 11) is 3.50. The van der Waals surface area contributed by atoms with Crippen molar-refractivity contribution in [3.8, 4) is 6.01 Å². The molecule has 3 atom stereocenters. The topological polar surface area (TPSA) is 118 Å². The second-order valence-corrected chi connectivity index (χ2v) is 16.5. The average Bonchev–Trinajstić information content (AvgIpc) is 3.77. The molecule has 56 heavy (non-hydrogen) atoms. The van der Waals surface area contributed by atoms with Crippen molar-refractivity contribution in [2.75, 3.05) is 70.6 Å². The lowest BCUT2D eigenvalue weighted by Crippen LogP contribution is -2.63. The summed E-state index contributed by atoms with van der Waals surface area (Å²) in [5.74, 6) is -0.901. The van der Waals surface area contributed by atoms with Crippen LogP contribution >= 0.6 is 11.6 Å². The second-order valence-electron chi connectivity index (χ2n) is 16.1. The number of amides is 1. The maximum absolute atomic E-state index is 15.1. The molecule has 1 spiro atoms.